The van der Waals surface area contributed by atoms with Crippen LogP contribution in [0.15, 0.2) is 85.1 Å². The van der Waals surface area contributed by atoms with E-state index in [1.807, 2.05) is 0 Å². The number of esters is 3. The van der Waals surface area contributed by atoms with Gasteiger partial charge in [-0.15, -0.1) is 0 Å². The molecule has 83 heavy (non-hydrogen) atoms. The Morgan fingerprint density at radius 1 is 0.253 bits per heavy atom. The van der Waals surface area contributed by atoms with Gasteiger partial charge in [0.25, 0.3) is 0 Å². The molecule has 0 saturated carbocycles. The third kappa shape index (κ3) is 69.3. The molecule has 0 aliphatic heterocycles. The molecule has 480 valence electrons. The predicted molar refractivity (Wildman–Crippen MR) is 362 cm³/mol. The number of hydrogen-bond donors (Lipinski definition) is 0. The average Bonchev–Trinajstić information content (AvgIpc) is 3.49. The molecule has 6 nitrogen and oxygen atoms in total. The van der Waals surface area contributed by atoms with E-state index < -0.39 is 6.10 Å². The van der Waals surface area contributed by atoms with Crippen LogP contribution in [0.3, 0.4) is 0 Å². The van der Waals surface area contributed by atoms with E-state index in [4.69, 9.17) is 14.2 Å². The van der Waals surface area contributed by atoms with Gasteiger partial charge in [0.2, 0.25) is 0 Å². The van der Waals surface area contributed by atoms with E-state index in [2.05, 4.69) is 106 Å². The largest absolute Gasteiger partial charge is 0.462 e. The second-order valence-corrected chi connectivity index (χ2v) is 24.1. The molecule has 0 radical (unpaired) electrons. The molecule has 0 heterocycles. The maximum atomic E-state index is 12.9. The van der Waals surface area contributed by atoms with Gasteiger partial charge in [0.05, 0.1) is 0 Å². The predicted octanol–water partition coefficient (Wildman–Crippen LogP) is 25.0. The third-order valence-electron chi connectivity index (χ3n) is 15.9. The van der Waals surface area contributed by atoms with Gasteiger partial charge in [0.1, 0.15) is 13.2 Å². The quantitative estimate of drug-likeness (QED) is 0.0261. The van der Waals surface area contributed by atoms with Crippen LogP contribution in [0.2, 0.25) is 0 Å². The molecule has 0 aromatic heterocycles. The third-order valence-corrected chi connectivity index (χ3v) is 15.9. The van der Waals surface area contributed by atoms with Gasteiger partial charge in [-0.25, -0.2) is 0 Å². The van der Waals surface area contributed by atoms with Gasteiger partial charge in [0, 0.05) is 19.3 Å². The van der Waals surface area contributed by atoms with Gasteiger partial charge >= 0.3 is 17.9 Å². The van der Waals surface area contributed by atoms with Crippen molar-refractivity contribution in [3.63, 3.8) is 0 Å². The number of hydrogen-bond acceptors (Lipinski definition) is 6. The van der Waals surface area contributed by atoms with Crippen molar-refractivity contribution >= 4 is 17.9 Å². The van der Waals surface area contributed by atoms with Gasteiger partial charge < -0.3 is 14.2 Å². The fraction of sp³-hybridized carbons (Fsp3) is 0.779. The fourth-order valence-corrected chi connectivity index (χ4v) is 10.5. The first kappa shape index (κ1) is 79.6. The maximum absolute atomic E-state index is 12.9. The number of carbonyl (C=O) groups is 3. The van der Waals surface area contributed by atoms with Gasteiger partial charge in [-0.1, -0.05) is 343 Å². The van der Waals surface area contributed by atoms with Crippen LogP contribution >= 0.6 is 0 Å². The molecule has 0 N–H and O–H groups in total. The Balaban J connectivity index is 4.17. The molecule has 1 atom stereocenters. The first-order chi connectivity index (χ1) is 41.0. The lowest BCUT2D eigenvalue weighted by Gasteiger charge is -2.18. The number of ether oxygens (including phenoxy) is 3. The summed E-state index contributed by atoms with van der Waals surface area (Å²) in [6.07, 6.45) is 95.0. The van der Waals surface area contributed by atoms with E-state index in [0.717, 1.165) is 128 Å². The lowest BCUT2D eigenvalue weighted by atomic mass is 10.0. The van der Waals surface area contributed by atoms with Crippen molar-refractivity contribution in [2.75, 3.05) is 13.2 Å². The molecule has 0 aliphatic carbocycles. The molecule has 0 saturated heterocycles. The van der Waals surface area contributed by atoms with Crippen LogP contribution in [0, 0.1) is 0 Å². The number of rotatable bonds is 66. The minimum Gasteiger partial charge on any atom is -0.462 e. The van der Waals surface area contributed by atoms with Crippen molar-refractivity contribution in [3.8, 4) is 0 Å². The Morgan fingerprint density at radius 3 is 0.795 bits per heavy atom. The summed E-state index contributed by atoms with van der Waals surface area (Å²) < 4.78 is 16.9. The average molecular weight is 1160 g/mol. The van der Waals surface area contributed by atoms with Crippen molar-refractivity contribution in [2.45, 2.75) is 374 Å². The van der Waals surface area contributed by atoms with E-state index in [-0.39, 0.29) is 37.5 Å². The standard InChI is InChI=1S/C77H136O6/c1-4-7-10-13-16-19-22-25-27-29-31-32-33-34-35-36-37-38-39-40-41-42-43-44-46-47-49-52-55-58-61-64-67-70-76(79)82-73-74(72-81-75(78)69-66-63-60-57-54-51-24-21-18-15-12-9-6-3)83-77(80)71-68-65-62-59-56-53-50-48-45-30-28-26-23-20-17-14-11-8-5-2/h8,11-12,15,17,20-21,24,26,28,45,48,53,56,74H,4-7,9-10,13-14,16,18-19,22-23,25,27,29-44,46-47,49-52,54-55,57-73H2,1-3H3/b11-8-,15-12-,20-17-,24-21-,28-26-,48-45-,56-53-. The highest BCUT2D eigenvalue weighted by atomic mass is 16.6. The second kappa shape index (κ2) is 71.1. The Hall–Kier alpha value is -3.41. The number of allylic oxidation sites excluding steroid dienone is 14. The van der Waals surface area contributed by atoms with Crippen LogP contribution in [0.1, 0.15) is 367 Å². The van der Waals surface area contributed by atoms with E-state index in [1.54, 1.807) is 0 Å². The van der Waals surface area contributed by atoms with E-state index in [9.17, 15) is 14.4 Å². The molecule has 0 rings (SSSR count). The first-order valence-electron chi connectivity index (χ1n) is 36.1. The van der Waals surface area contributed by atoms with E-state index >= 15 is 0 Å². The zero-order valence-electron chi connectivity index (χ0n) is 55.2. The summed E-state index contributed by atoms with van der Waals surface area (Å²) in [6, 6.07) is 0. The molecule has 1 unspecified atom stereocenters. The summed E-state index contributed by atoms with van der Waals surface area (Å²) in [5.41, 5.74) is 0. The Morgan fingerprint density at radius 2 is 0.494 bits per heavy atom. The van der Waals surface area contributed by atoms with Crippen molar-refractivity contribution in [1.29, 1.82) is 0 Å². The van der Waals surface area contributed by atoms with Gasteiger partial charge in [-0.2, -0.15) is 0 Å². The monoisotopic (exact) mass is 1160 g/mol. The summed E-state index contributed by atoms with van der Waals surface area (Å²) in [4.78, 5) is 38.4. The van der Waals surface area contributed by atoms with Crippen LogP contribution in [0.5, 0.6) is 0 Å². The fourth-order valence-electron chi connectivity index (χ4n) is 10.5. The normalized spacial score (nSPS) is 12.6. The first-order valence-corrected chi connectivity index (χ1v) is 36.1. The molecular formula is C77H136O6. The molecule has 0 aliphatic rings. The molecule has 0 spiro atoms. The smallest absolute Gasteiger partial charge is 0.306 e. The van der Waals surface area contributed by atoms with Crippen LogP contribution < -0.4 is 0 Å². The minimum absolute atomic E-state index is 0.0922. The van der Waals surface area contributed by atoms with Gasteiger partial charge in [-0.3, -0.25) is 14.4 Å². The molecule has 0 amide bonds. The lowest BCUT2D eigenvalue weighted by molar-refractivity contribution is -0.167. The number of unbranched alkanes of at least 4 members (excludes halogenated alkanes) is 41. The molecular weight excluding hydrogens is 1020 g/mol. The molecule has 6 heteroatoms. The molecule has 0 aromatic rings. The Labute approximate surface area is 515 Å². The summed E-state index contributed by atoms with van der Waals surface area (Å²) in [7, 11) is 0. The van der Waals surface area contributed by atoms with Crippen molar-refractivity contribution in [1.82, 2.24) is 0 Å². The summed E-state index contributed by atoms with van der Waals surface area (Å²) in [5.74, 6) is -0.924. The zero-order valence-corrected chi connectivity index (χ0v) is 55.2. The second-order valence-electron chi connectivity index (χ2n) is 24.1. The van der Waals surface area contributed by atoms with E-state index in [1.165, 1.54) is 199 Å². The summed E-state index contributed by atoms with van der Waals surface area (Å²) in [6.45, 7) is 6.47. The number of carbonyl (C=O) groups excluding carboxylic acids is 3. The highest BCUT2D eigenvalue weighted by molar-refractivity contribution is 5.71. The molecule has 0 bridgehead atoms. The van der Waals surface area contributed by atoms with Gasteiger partial charge in [0.15, 0.2) is 6.10 Å². The topological polar surface area (TPSA) is 78.9 Å². The van der Waals surface area contributed by atoms with Crippen LogP contribution in [-0.2, 0) is 28.6 Å². The van der Waals surface area contributed by atoms with Crippen molar-refractivity contribution in [3.05, 3.63) is 85.1 Å². The SMILES string of the molecule is CC/C=C\C/C=C\C/C=C\C/C=C\C/C=C\CCCCCC(=O)OC(COC(=O)CCCCCCC/C=C\C/C=C\CCC)COC(=O)CCCCCCCCCCCCCCCCCCCCCCCCCCCCCCCCCCC. The van der Waals surface area contributed by atoms with Crippen molar-refractivity contribution in [2.24, 2.45) is 0 Å². The van der Waals surface area contributed by atoms with Crippen molar-refractivity contribution < 1.29 is 28.6 Å². The van der Waals surface area contributed by atoms with E-state index in [0.29, 0.717) is 12.8 Å². The van der Waals surface area contributed by atoms with Crippen LogP contribution in [0.25, 0.3) is 0 Å². The highest BCUT2D eigenvalue weighted by Crippen LogP contribution is 2.18. The lowest BCUT2D eigenvalue weighted by Crippen LogP contribution is -2.30. The summed E-state index contributed by atoms with van der Waals surface area (Å²) >= 11 is 0. The zero-order chi connectivity index (χ0) is 59.9. The Bertz CT molecular complexity index is 1570. The molecule has 0 fully saturated rings. The molecule has 0 aromatic carbocycles. The summed E-state index contributed by atoms with van der Waals surface area (Å²) in [5, 5.41) is 0. The minimum atomic E-state index is -0.801. The van der Waals surface area contributed by atoms with Crippen LogP contribution in [-0.4, -0.2) is 37.2 Å². The maximum Gasteiger partial charge on any atom is 0.306 e. The highest BCUT2D eigenvalue weighted by Gasteiger charge is 2.19. The Kier molecular flexibility index (Phi) is 68.2. The van der Waals surface area contributed by atoms with Crippen LogP contribution in [0.4, 0.5) is 0 Å². The van der Waals surface area contributed by atoms with Gasteiger partial charge in [-0.05, 0) is 89.9 Å².